The lowest BCUT2D eigenvalue weighted by Crippen LogP contribution is -2.21. The molecule has 2 aromatic heterocycles. The number of nitrogens with one attached hydrogen (secondary N) is 1. The Bertz CT molecular complexity index is 1640. The Hall–Kier alpha value is -3.45. The van der Waals surface area contributed by atoms with Gasteiger partial charge in [-0.25, -0.2) is 9.98 Å². The zero-order valence-electron chi connectivity index (χ0n) is 19.5. The fourth-order valence-electron chi connectivity index (χ4n) is 3.69. The number of thiazole rings is 1. The van der Waals surface area contributed by atoms with Crippen LogP contribution in [0.1, 0.15) is 28.4 Å². The molecule has 5 rings (SSSR count). The van der Waals surface area contributed by atoms with Crippen molar-refractivity contribution in [1.82, 2.24) is 4.98 Å². The Morgan fingerprint density at radius 2 is 1.81 bits per heavy atom. The number of hydrogen-bond donors (Lipinski definition) is 1. The highest BCUT2D eigenvalue weighted by atomic mass is 35.5. The molecule has 0 aliphatic heterocycles. The van der Waals surface area contributed by atoms with E-state index >= 15 is 0 Å². The smallest absolute Gasteiger partial charge is 0.262 e. The van der Waals surface area contributed by atoms with Crippen molar-refractivity contribution in [3.8, 4) is 11.3 Å². The van der Waals surface area contributed by atoms with E-state index < -0.39 is 5.91 Å². The molecule has 1 amide bonds. The number of aromatic nitrogens is 1. The highest BCUT2D eigenvalue weighted by Gasteiger charge is 2.17. The second kappa shape index (κ2) is 10.3. The van der Waals surface area contributed by atoms with Crippen LogP contribution in [0, 0.1) is 6.92 Å². The molecule has 36 heavy (non-hydrogen) atoms. The summed E-state index contributed by atoms with van der Waals surface area (Å²) >= 11 is 13.9. The fraction of sp³-hybridized carbons (Fsp3) is 0.107. The molecule has 0 saturated carbocycles. The molecule has 0 aliphatic rings. The van der Waals surface area contributed by atoms with E-state index in [4.69, 9.17) is 27.6 Å². The van der Waals surface area contributed by atoms with E-state index in [9.17, 15) is 4.79 Å². The van der Waals surface area contributed by atoms with Gasteiger partial charge in [0.15, 0.2) is 10.7 Å². The first-order chi connectivity index (χ1) is 17.4. The number of rotatable bonds is 5. The number of carbonyl (C=O) groups excluding carboxylic acids is 1. The van der Waals surface area contributed by atoms with E-state index in [0.29, 0.717) is 31.8 Å². The standard InChI is InChI=1S/C28H21Cl2N3O2S/c1-3-17-6-8-18(9-7-17)24-15-36-28(32-24)33-26(34)22-13-19-12-20(29)14-23(30)25(19)35-27(22)31-21-10-4-16(2)5-11-21/h4-15H,3H2,1-2H3,(H,32,33,34). The van der Waals surface area contributed by atoms with Gasteiger partial charge in [0, 0.05) is 21.4 Å². The Labute approximate surface area is 222 Å². The summed E-state index contributed by atoms with van der Waals surface area (Å²) in [5.41, 5.74) is 5.57. The summed E-state index contributed by atoms with van der Waals surface area (Å²) in [6.07, 6.45) is 0.974. The molecule has 0 aliphatic carbocycles. The SMILES string of the molecule is CCc1ccc(-c2csc(NC(=O)c3cc4cc(Cl)cc(Cl)c4oc3=Nc3ccc(C)cc3)n2)cc1. The number of hydrogen-bond acceptors (Lipinski definition) is 5. The first-order valence-electron chi connectivity index (χ1n) is 11.3. The monoisotopic (exact) mass is 533 g/mol. The number of amides is 1. The van der Waals surface area contributed by atoms with Crippen molar-refractivity contribution in [3.63, 3.8) is 0 Å². The molecule has 8 heteroatoms. The number of benzene rings is 3. The molecular weight excluding hydrogens is 513 g/mol. The molecule has 1 N–H and O–H groups in total. The van der Waals surface area contributed by atoms with Crippen LogP contribution >= 0.6 is 34.5 Å². The third kappa shape index (κ3) is 5.21. The molecular formula is C28H21Cl2N3O2S. The molecule has 3 aromatic carbocycles. The largest absolute Gasteiger partial charge is 0.436 e. The van der Waals surface area contributed by atoms with E-state index in [-0.39, 0.29) is 11.1 Å². The summed E-state index contributed by atoms with van der Waals surface area (Å²) in [4.78, 5) is 22.6. The molecule has 5 aromatic rings. The quantitative estimate of drug-likeness (QED) is 0.247. The summed E-state index contributed by atoms with van der Waals surface area (Å²) in [5.74, 6) is -0.398. The van der Waals surface area contributed by atoms with Crippen molar-refractivity contribution in [3.05, 3.63) is 104 Å². The number of aryl methyl sites for hydroxylation is 2. The van der Waals surface area contributed by atoms with E-state index in [1.54, 1.807) is 18.2 Å². The van der Waals surface area contributed by atoms with Gasteiger partial charge in [0.05, 0.1) is 16.4 Å². The van der Waals surface area contributed by atoms with Crippen LogP contribution in [0.15, 0.2) is 81.5 Å². The maximum absolute atomic E-state index is 13.4. The molecule has 0 saturated heterocycles. The Morgan fingerprint density at radius 1 is 1.06 bits per heavy atom. The molecule has 180 valence electrons. The predicted octanol–water partition coefficient (Wildman–Crippen LogP) is 8.22. The average Bonchev–Trinajstić information content (AvgIpc) is 3.34. The van der Waals surface area contributed by atoms with Crippen LogP contribution in [0.2, 0.25) is 10.0 Å². The number of carbonyl (C=O) groups is 1. The molecule has 0 fully saturated rings. The third-order valence-corrected chi connectivity index (χ3v) is 6.91. The lowest BCUT2D eigenvalue weighted by molar-refractivity contribution is 0.102. The van der Waals surface area contributed by atoms with Crippen LogP contribution in [0.5, 0.6) is 0 Å². The van der Waals surface area contributed by atoms with Gasteiger partial charge < -0.3 is 4.42 Å². The van der Waals surface area contributed by atoms with Gasteiger partial charge in [-0.2, -0.15) is 0 Å². The van der Waals surface area contributed by atoms with Gasteiger partial charge in [-0.05, 0) is 49.2 Å². The molecule has 0 atom stereocenters. The number of halogens is 2. The zero-order chi connectivity index (χ0) is 25.2. The molecule has 0 spiro atoms. The lowest BCUT2D eigenvalue weighted by atomic mass is 10.1. The summed E-state index contributed by atoms with van der Waals surface area (Å²) in [7, 11) is 0. The summed E-state index contributed by atoms with van der Waals surface area (Å²) < 4.78 is 6.03. The van der Waals surface area contributed by atoms with Crippen LogP contribution in [0.3, 0.4) is 0 Å². The highest BCUT2D eigenvalue weighted by molar-refractivity contribution is 7.14. The van der Waals surface area contributed by atoms with Crippen molar-refractivity contribution < 1.29 is 9.21 Å². The van der Waals surface area contributed by atoms with Crippen molar-refractivity contribution in [2.45, 2.75) is 20.3 Å². The molecule has 0 unspecified atom stereocenters. The van der Waals surface area contributed by atoms with E-state index in [0.717, 1.165) is 23.2 Å². The topological polar surface area (TPSA) is 67.5 Å². The third-order valence-electron chi connectivity index (χ3n) is 5.66. The van der Waals surface area contributed by atoms with Crippen LogP contribution in [-0.2, 0) is 6.42 Å². The first-order valence-corrected chi connectivity index (χ1v) is 12.9. The van der Waals surface area contributed by atoms with E-state index in [1.807, 2.05) is 48.7 Å². The molecule has 0 bridgehead atoms. The van der Waals surface area contributed by atoms with E-state index in [2.05, 4.69) is 34.3 Å². The minimum atomic E-state index is -0.398. The molecule has 0 radical (unpaired) electrons. The van der Waals surface area contributed by atoms with E-state index in [1.165, 1.54) is 16.9 Å². The maximum atomic E-state index is 13.4. The maximum Gasteiger partial charge on any atom is 0.262 e. The van der Waals surface area contributed by atoms with Gasteiger partial charge in [0.25, 0.3) is 5.91 Å². The lowest BCUT2D eigenvalue weighted by Gasteiger charge is -2.07. The minimum Gasteiger partial charge on any atom is -0.436 e. The van der Waals surface area contributed by atoms with Gasteiger partial charge in [-0.15, -0.1) is 11.3 Å². The van der Waals surface area contributed by atoms with Crippen LogP contribution in [0.25, 0.3) is 22.2 Å². The highest BCUT2D eigenvalue weighted by Crippen LogP contribution is 2.29. The van der Waals surface area contributed by atoms with Crippen molar-refractivity contribution in [2.75, 3.05) is 5.32 Å². The van der Waals surface area contributed by atoms with Gasteiger partial charge in [0.2, 0.25) is 5.55 Å². The Balaban J connectivity index is 1.53. The summed E-state index contributed by atoms with van der Waals surface area (Å²) in [5, 5.41) is 6.64. The van der Waals surface area contributed by atoms with Crippen molar-refractivity contribution in [1.29, 1.82) is 0 Å². The average molecular weight is 534 g/mol. The van der Waals surface area contributed by atoms with Gasteiger partial charge >= 0.3 is 0 Å². The second-order valence-corrected chi connectivity index (χ2v) is 9.96. The van der Waals surface area contributed by atoms with Crippen LogP contribution < -0.4 is 10.9 Å². The van der Waals surface area contributed by atoms with Gasteiger partial charge in [-0.1, -0.05) is 72.1 Å². The van der Waals surface area contributed by atoms with Gasteiger partial charge in [-0.3, -0.25) is 10.1 Å². The number of nitrogens with zero attached hydrogens (tertiary/aromatic N) is 2. The van der Waals surface area contributed by atoms with Gasteiger partial charge in [0.1, 0.15) is 5.56 Å². The second-order valence-electron chi connectivity index (χ2n) is 8.26. The van der Waals surface area contributed by atoms with Crippen LogP contribution in [-0.4, -0.2) is 10.9 Å². The fourth-order valence-corrected chi connectivity index (χ4v) is 4.95. The molecule has 5 nitrogen and oxygen atoms in total. The summed E-state index contributed by atoms with van der Waals surface area (Å²) in [6, 6.07) is 20.8. The number of anilines is 1. The normalized spacial score (nSPS) is 11.7. The Morgan fingerprint density at radius 3 is 2.53 bits per heavy atom. The Kier molecular flexibility index (Phi) is 6.92. The van der Waals surface area contributed by atoms with Crippen molar-refractivity contribution >= 4 is 62.2 Å². The molecule has 2 heterocycles. The summed E-state index contributed by atoms with van der Waals surface area (Å²) in [6.45, 7) is 4.11. The van der Waals surface area contributed by atoms with Crippen LogP contribution in [0.4, 0.5) is 10.8 Å². The number of fused-ring (bicyclic) bond motifs is 1. The zero-order valence-corrected chi connectivity index (χ0v) is 21.8. The van der Waals surface area contributed by atoms with Crippen molar-refractivity contribution in [2.24, 2.45) is 4.99 Å². The first kappa shape index (κ1) is 24.3. The predicted molar refractivity (Wildman–Crippen MR) is 148 cm³/mol. The minimum absolute atomic E-state index is 0.139.